The van der Waals surface area contributed by atoms with Crippen LogP contribution in [0.4, 0.5) is 23.1 Å². The van der Waals surface area contributed by atoms with Gasteiger partial charge in [-0.15, -0.1) is 0 Å². The second-order valence-corrected chi connectivity index (χ2v) is 15.0. The highest BCUT2D eigenvalue weighted by atomic mass is 79.9. The number of rotatable bonds is 8. The molecule has 2 aromatic rings. The Morgan fingerprint density at radius 2 is 1.73 bits per heavy atom. The van der Waals surface area contributed by atoms with Gasteiger partial charge in [0.2, 0.25) is 5.95 Å². The number of aromatic nitrogens is 2. The van der Waals surface area contributed by atoms with Crippen molar-refractivity contribution in [1.82, 2.24) is 19.8 Å². The van der Waals surface area contributed by atoms with E-state index >= 15 is 0 Å². The van der Waals surface area contributed by atoms with E-state index in [0.29, 0.717) is 12.0 Å². The SMILES string of the molecule is COc1cc(N2CCC(N3CCN(C)CC3)CC2)c(C)cc1Nc1ncc(Br)c(NC2=C(P(C)C)CCC(C)=C2)n1. The summed E-state index contributed by atoms with van der Waals surface area (Å²) in [7, 11) is 3.77. The number of hydrogen-bond acceptors (Lipinski definition) is 8. The number of methoxy groups -OCH3 is 1. The molecule has 0 bridgehead atoms. The van der Waals surface area contributed by atoms with Gasteiger partial charge >= 0.3 is 0 Å². The molecule has 0 spiro atoms. The van der Waals surface area contributed by atoms with Gasteiger partial charge in [-0.3, -0.25) is 4.90 Å². The van der Waals surface area contributed by atoms with E-state index in [0.717, 1.165) is 47.7 Å². The number of hydrogen-bond donors (Lipinski definition) is 2. The highest BCUT2D eigenvalue weighted by Gasteiger charge is 2.28. The summed E-state index contributed by atoms with van der Waals surface area (Å²) in [5.41, 5.74) is 5.90. The maximum Gasteiger partial charge on any atom is 0.229 e. The zero-order chi connectivity index (χ0) is 29.1. The maximum atomic E-state index is 5.86. The van der Waals surface area contributed by atoms with Crippen LogP contribution in [0.2, 0.25) is 0 Å². The van der Waals surface area contributed by atoms with E-state index in [9.17, 15) is 0 Å². The third-order valence-electron chi connectivity index (χ3n) is 8.62. The molecule has 0 unspecified atom stereocenters. The smallest absolute Gasteiger partial charge is 0.229 e. The molecule has 2 aliphatic heterocycles. The molecule has 41 heavy (non-hydrogen) atoms. The highest BCUT2D eigenvalue weighted by molar-refractivity contribution is 9.10. The largest absolute Gasteiger partial charge is 0.494 e. The minimum Gasteiger partial charge on any atom is -0.494 e. The Morgan fingerprint density at radius 1 is 1.00 bits per heavy atom. The molecule has 1 aromatic heterocycles. The predicted molar refractivity (Wildman–Crippen MR) is 177 cm³/mol. The maximum absolute atomic E-state index is 5.86. The van der Waals surface area contributed by atoms with Crippen molar-refractivity contribution >= 4 is 47.0 Å². The van der Waals surface area contributed by atoms with Crippen molar-refractivity contribution in [2.45, 2.75) is 45.6 Å². The molecule has 0 radical (unpaired) electrons. The van der Waals surface area contributed by atoms with Gasteiger partial charge in [-0.1, -0.05) is 13.5 Å². The van der Waals surface area contributed by atoms with Crippen LogP contribution in [0, 0.1) is 6.92 Å². The van der Waals surface area contributed by atoms with Crippen LogP contribution in [0.1, 0.15) is 38.2 Å². The normalized spacial score (nSPS) is 19.5. The van der Waals surface area contributed by atoms with Gasteiger partial charge < -0.3 is 25.2 Å². The number of nitrogens with zero attached hydrogens (tertiary/aromatic N) is 5. The number of allylic oxidation sites excluding steroid dienone is 3. The molecule has 0 atom stereocenters. The highest BCUT2D eigenvalue weighted by Crippen LogP contribution is 2.45. The van der Waals surface area contributed by atoms with Crippen LogP contribution in [0.15, 0.2) is 45.5 Å². The van der Waals surface area contributed by atoms with Crippen molar-refractivity contribution in [3.8, 4) is 5.75 Å². The number of piperazine rings is 1. The van der Waals surface area contributed by atoms with Crippen molar-refractivity contribution in [3.05, 3.63) is 51.0 Å². The van der Waals surface area contributed by atoms with Gasteiger partial charge in [-0.05, 0) is 98.9 Å². The molecule has 1 aromatic carbocycles. The van der Waals surface area contributed by atoms with Crippen LogP contribution in [0.25, 0.3) is 0 Å². The van der Waals surface area contributed by atoms with Crippen LogP contribution >= 0.6 is 23.9 Å². The number of nitrogens with one attached hydrogen (secondary N) is 2. The Labute approximate surface area is 255 Å². The first kappa shape index (κ1) is 30.3. The number of likely N-dealkylation sites (N-methyl/N-ethyl adjacent to an activating group) is 1. The van der Waals surface area contributed by atoms with Gasteiger partial charge in [0.05, 0.1) is 17.3 Å². The number of benzene rings is 1. The Balaban J connectivity index is 1.30. The van der Waals surface area contributed by atoms with E-state index in [1.807, 2.05) is 0 Å². The lowest BCUT2D eigenvalue weighted by atomic mass is 10.0. The summed E-state index contributed by atoms with van der Waals surface area (Å²) >= 11 is 3.65. The average molecular weight is 643 g/mol. The van der Waals surface area contributed by atoms with Gasteiger partial charge in [0.15, 0.2) is 0 Å². The Morgan fingerprint density at radius 3 is 2.41 bits per heavy atom. The molecular weight excluding hydrogens is 597 g/mol. The molecule has 3 heterocycles. The van der Waals surface area contributed by atoms with Crippen LogP contribution in [0.5, 0.6) is 5.75 Å². The molecule has 2 saturated heterocycles. The van der Waals surface area contributed by atoms with E-state index in [1.54, 1.807) is 13.3 Å². The van der Waals surface area contributed by atoms with Gasteiger partial charge in [0, 0.05) is 69.0 Å². The van der Waals surface area contributed by atoms with E-state index in [1.165, 1.54) is 66.9 Å². The Bertz CT molecular complexity index is 1300. The topological polar surface area (TPSA) is 68.8 Å². The fourth-order valence-corrected chi connectivity index (χ4v) is 7.58. The standard InChI is InChI=1S/C31H45BrN7OP/c1-21-7-8-29(41(5)6)26(17-21)34-30-24(32)20-33-31(36-30)35-25-18-22(2)27(19-28(25)40-4)39-11-9-23(10-12-39)38-15-13-37(3)14-16-38/h17-20,23H,7-16H2,1-6H3,(H2,33,34,35,36). The van der Waals surface area contributed by atoms with Crippen molar-refractivity contribution in [2.75, 3.05) is 82.3 Å². The lowest BCUT2D eigenvalue weighted by Gasteiger charge is -2.43. The van der Waals surface area contributed by atoms with Gasteiger partial charge in [0.1, 0.15) is 11.6 Å². The number of piperidine rings is 1. The van der Waals surface area contributed by atoms with Crippen molar-refractivity contribution in [1.29, 1.82) is 0 Å². The zero-order valence-electron chi connectivity index (χ0n) is 25.4. The minimum atomic E-state index is -0.184. The lowest BCUT2D eigenvalue weighted by molar-refractivity contribution is 0.0982. The Hall–Kier alpha value is -2.19. The summed E-state index contributed by atoms with van der Waals surface area (Å²) in [6, 6.07) is 5.03. The monoisotopic (exact) mass is 641 g/mol. The van der Waals surface area contributed by atoms with Crippen LogP contribution in [0.3, 0.4) is 0 Å². The van der Waals surface area contributed by atoms with Gasteiger partial charge in [-0.2, -0.15) is 4.98 Å². The van der Waals surface area contributed by atoms with Gasteiger partial charge in [0.25, 0.3) is 0 Å². The first-order chi connectivity index (χ1) is 19.7. The molecule has 0 saturated carbocycles. The summed E-state index contributed by atoms with van der Waals surface area (Å²) < 4.78 is 6.70. The number of ether oxygens (including phenoxy) is 1. The minimum absolute atomic E-state index is 0.184. The molecule has 0 amide bonds. The molecule has 2 fully saturated rings. The molecule has 1 aliphatic carbocycles. The summed E-state index contributed by atoms with van der Waals surface area (Å²) in [6.45, 7) is 15.9. The van der Waals surface area contributed by atoms with Crippen molar-refractivity contribution in [3.63, 3.8) is 0 Å². The Kier molecular flexibility index (Phi) is 9.90. The van der Waals surface area contributed by atoms with Crippen molar-refractivity contribution in [2.24, 2.45) is 0 Å². The third-order valence-corrected chi connectivity index (χ3v) is 10.7. The molecule has 10 heteroatoms. The summed E-state index contributed by atoms with van der Waals surface area (Å²) in [5.74, 6) is 2.09. The van der Waals surface area contributed by atoms with Crippen molar-refractivity contribution < 1.29 is 4.74 Å². The molecule has 222 valence electrons. The molecule has 8 nitrogen and oxygen atoms in total. The zero-order valence-corrected chi connectivity index (χ0v) is 27.9. The van der Waals surface area contributed by atoms with E-state index < -0.39 is 0 Å². The third kappa shape index (κ3) is 7.24. The number of anilines is 4. The molecule has 2 N–H and O–H groups in total. The second kappa shape index (κ2) is 13.4. The van der Waals surface area contributed by atoms with Gasteiger partial charge in [-0.25, -0.2) is 4.98 Å². The van der Waals surface area contributed by atoms with E-state index in [2.05, 4.69) is 98.7 Å². The fraction of sp³-hybridized carbons (Fsp3) is 0.548. The lowest BCUT2D eigenvalue weighted by Crippen LogP contribution is -2.52. The van der Waals surface area contributed by atoms with Crippen LogP contribution < -0.4 is 20.3 Å². The number of aryl methyl sites for hydroxylation is 1. The first-order valence-electron chi connectivity index (χ1n) is 14.7. The quantitative estimate of drug-likeness (QED) is 0.312. The van der Waals surface area contributed by atoms with Crippen LogP contribution in [-0.4, -0.2) is 92.6 Å². The summed E-state index contributed by atoms with van der Waals surface area (Å²) in [4.78, 5) is 17.1. The molecular formula is C31H45BrN7OP. The second-order valence-electron chi connectivity index (χ2n) is 11.8. The number of halogens is 1. The van der Waals surface area contributed by atoms with E-state index in [-0.39, 0.29) is 7.92 Å². The molecule has 5 rings (SSSR count). The summed E-state index contributed by atoms with van der Waals surface area (Å²) in [6.07, 6.45) is 8.71. The first-order valence-corrected chi connectivity index (χ1v) is 17.7. The predicted octanol–water partition coefficient (Wildman–Crippen LogP) is 6.62. The average Bonchev–Trinajstić information content (AvgIpc) is 2.95. The van der Waals surface area contributed by atoms with Crippen LogP contribution in [-0.2, 0) is 0 Å². The fourth-order valence-electron chi connectivity index (χ4n) is 6.13. The summed E-state index contributed by atoms with van der Waals surface area (Å²) in [5, 5.41) is 8.52. The van der Waals surface area contributed by atoms with E-state index in [4.69, 9.17) is 9.72 Å². The molecule has 3 aliphatic rings.